The van der Waals surface area contributed by atoms with Gasteiger partial charge in [0.2, 0.25) is 11.8 Å². The van der Waals surface area contributed by atoms with Gasteiger partial charge in [0, 0.05) is 44.7 Å². The van der Waals surface area contributed by atoms with E-state index in [1.807, 2.05) is 19.9 Å². The van der Waals surface area contributed by atoms with Crippen molar-refractivity contribution in [2.75, 3.05) is 26.9 Å². The van der Waals surface area contributed by atoms with Crippen molar-refractivity contribution in [3.63, 3.8) is 0 Å². The summed E-state index contributed by atoms with van der Waals surface area (Å²) in [5, 5.41) is 16.8. The Morgan fingerprint density at radius 3 is 2.23 bits per heavy atom. The number of unbranched alkanes of at least 4 members (excludes halogenated alkanes) is 1. The number of para-hydroxylation sites is 1. The first-order valence-electron chi connectivity index (χ1n) is 14.4. The molecule has 7 N–H and O–H groups in total. The van der Waals surface area contributed by atoms with Gasteiger partial charge in [-0.05, 0) is 62.5 Å². The highest BCUT2D eigenvalue weighted by Crippen LogP contribution is 2.24. The first kappa shape index (κ1) is 35.3. The summed E-state index contributed by atoms with van der Waals surface area (Å²) >= 11 is 0. The quantitative estimate of drug-likeness (QED) is 0.152. The molecule has 0 saturated heterocycles. The smallest absolute Gasteiger partial charge is 0.255 e. The second-order valence-corrected chi connectivity index (χ2v) is 11.4. The van der Waals surface area contributed by atoms with Crippen molar-refractivity contribution < 1.29 is 29.0 Å². The molecular weight excluding hydrogens is 512 g/mol. The molecule has 40 heavy (non-hydrogen) atoms. The Bertz CT molecular complexity index is 910. The topological polar surface area (TPSA) is 166 Å². The summed E-state index contributed by atoms with van der Waals surface area (Å²) in [6.07, 6.45) is 1.51. The minimum Gasteiger partial charge on any atom is -0.493 e. The maximum atomic E-state index is 13.0. The Morgan fingerprint density at radius 1 is 0.975 bits per heavy atom. The van der Waals surface area contributed by atoms with E-state index in [1.54, 1.807) is 32.2 Å². The lowest BCUT2D eigenvalue weighted by molar-refractivity contribution is -0.128. The summed E-state index contributed by atoms with van der Waals surface area (Å²) in [4.78, 5) is 37.0. The number of benzene rings is 1. The summed E-state index contributed by atoms with van der Waals surface area (Å²) in [5.74, 6) is -0.714. The molecule has 4 unspecified atom stereocenters. The third-order valence-electron chi connectivity index (χ3n) is 7.20. The average Bonchev–Trinajstić information content (AvgIpc) is 2.88. The highest BCUT2D eigenvalue weighted by atomic mass is 16.5. The van der Waals surface area contributed by atoms with E-state index in [4.69, 9.17) is 20.9 Å². The molecule has 0 spiro atoms. The zero-order chi connectivity index (χ0) is 30.2. The van der Waals surface area contributed by atoms with Crippen LogP contribution < -0.4 is 26.8 Å². The number of carbonyl (C=O) groups excluding carboxylic acids is 3. The third kappa shape index (κ3) is 13.1. The molecule has 3 amide bonds. The predicted molar refractivity (Wildman–Crippen MR) is 157 cm³/mol. The van der Waals surface area contributed by atoms with Gasteiger partial charge in [-0.25, -0.2) is 0 Å². The van der Waals surface area contributed by atoms with Gasteiger partial charge in [0.15, 0.2) is 0 Å². The van der Waals surface area contributed by atoms with Gasteiger partial charge >= 0.3 is 0 Å². The largest absolute Gasteiger partial charge is 0.493 e. The Balaban J connectivity index is 2.74. The fraction of sp³-hybridized carbons (Fsp3) is 0.700. The van der Waals surface area contributed by atoms with E-state index in [2.05, 4.69) is 24.5 Å². The van der Waals surface area contributed by atoms with Crippen molar-refractivity contribution in [3.05, 3.63) is 29.8 Å². The summed E-state index contributed by atoms with van der Waals surface area (Å²) in [7, 11) is 1.66. The third-order valence-corrected chi connectivity index (χ3v) is 7.20. The molecule has 0 aliphatic rings. The molecule has 0 fully saturated rings. The first-order valence-corrected chi connectivity index (χ1v) is 14.4. The molecule has 0 radical (unpaired) electrons. The molecule has 0 aliphatic heterocycles. The summed E-state index contributed by atoms with van der Waals surface area (Å²) in [5.41, 5.74) is 12.1. The number of primary amides is 1. The summed E-state index contributed by atoms with van der Waals surface area (Å²) in [6.45, 7) is 11.2. The van der Waals surface area contributed by atoms with Crippen LogP contribution in [0.15, 0.2) is 24.3 Å². The number of amides is 3. The maximum Gasteiger partial charge on any atom is 0.255 e. The van der Waals surface area contributed by atoms with E-state index in [9.17, 15) is 19.5 Å². The van der Waals surface area contributed by atoms with E-state index in [0.29, 0.717) is 37.5 Å². The van der Waals surface area contributed by atoms with Crippen molar-refractivity contribution in [2.24, 2.45) is 35.1 Å². The number of hydrogen-bond acceptors (Lipinski definition) is 7. The number of rotatable bonds is 20. The van der Waals surface area contributed by atoms with E-state index < -0.39 is 30.0 Å². The number of nitrogens with two attached hydrogens (primary N) is 2. The fourth-order valence-corrected chi connectivity index (χ4v) is 4.55. The number of aliphatic hydroxyl groups is 1. The Kier molecular flexibility index (Phi) is 16.4. The van der Waals surface area contributed by atoms with Crippen LogP contribution >= 0.6 is 0 Å². The van der Waals surface area contributed by atoms with E-state index in [0.717, 1.165) is 12.8 Å². The minimum absolute atomic E-state index is 0.0117. The van der Waals surface area contributed by atoms with Crippen LogP contribution in [0.25, 0.3) is 0 Å². The zero-order valence-electron chi connectivity index (χ0n) is 25.2. The van der Waals surface area contributed by atoms with Gasteiger partial charge < -0.3 is 36.7 Å². The van der Waals surface area contributed by atoms with Gasteiger partial charge in [0.05, 0.1) is 18.3 Å². The SMILES string of the molecule is COCCCCOc1ccccc1C(=O)NC[C@@H](CC(N)C(O)CC(C(=O)NC(C)CC(N)=O)C(C)C)C(C)C. The molecule has 0 bridgehead atoms. The molecule has 0 saturated carbocycles. The highest BCUT2D eigenvalue weighted by molar-refractivity contribution is 5.96. The zero-order valence-corrected chi connectivity index (χ0v) is 25.2. The molecular formula is C30H52N4O6. The summed E-state index contributed by atoms with van der Waals surface area (Å²) in [6, 6.07) is 6.19. The first-order chi connectivity index (χ1) is 18.9. The Hall–Kier alpha value is -2.69. The fourth-order valence-electron chi connectivity index (χ4n) is 4.55. The molecule has 0 heterocycles. The van der Waals surface area contributed by atoms with Crippen LogP contribution in [0.5, 0.6) is 5.75 Å². The predicted octanol–water partition coefficient (Wildman–Crippen LogP) is 2.61. The van der Waals surface area contributed by atoms with Crippen LogP contribution in [0.4, 0.5) is 0 Å². The molecule has 1 aromatic carbocycles. The van der Waals surface area contributed by atoms with Crippen molar-refractivity contribution in [1.82, 2.24) is 10.6 Å². The molecule has 5 atom stereocenters. The van der Waals surface area contributed by atoms with Crippen molar-refractivity contribution in [1.29, 1.82) is 0 Å². The van der Waals surface area contributed by atoms with Crippen LogP contribution in [0.2, 0.25) is 0 Å². The van der Waals surface area contributed by atoms with Crippen LogP contribution in [-0.4, -0.2) is 67.9 Å². The van der Waals surface area contributed by atoms with E-state index >= 15 is 0 Å². The number of methoxy groups -OCH3 is 1. The van der Waals surface area contributed by atoms with Crippen LogP contribution in [0.3, 0.4) is 0 Å². The Morgan fingerprint density at radius 2 is 1.62 bits per heavy atom. The molecule has 1 rings (SSSR count). The van der Waals surface area contributed by atoms with Gasteiger partial charge in [0.1, 0.15) is 5.75 Å². The van der Waals surface area contributed by atoms with Crippen molar-refractivity contribution in [2.45, 2.75) is 84.9 Å². The van der Waals surface area contributed by atoms with Gasteiger partial charge in [-0.15, -0.1) is 0 Å². The summed E-state index contributed by atoms with van der Waals surface area (Å²) < 4.78 is 10.9. The number of aliphatic hydroxyl groups excluding tert-OH is 1. The lowest BCUT2D eigenvalue weighted by Crippen LogP contribution is -2.45. The van der Waals surface area contributed by atoms with Gasteiger partial charge in [-0.1, -0.05) is 39.8 Å². The maximum absolute atomic E-state index is 13.0. The minimum atomic E-state index is -0.909. The van der Waals surface area contributed by atoms with E-state index in [1.165, 1.54) is 0 Å². The normalized spacial score (nSPS) is 15.2. The highest BCUT2D eigenvalue weighted by Gasteiger charge is 2.30. The van der Waals surface area contributed by atoms with Crippen LogP contribution in [-0.2, 0) is 14.3 Å². The van der Waals surface area contributed by atoms with E-state index in [-0.39, 0.29) is 42.4 Å². The number of ether oxygens (including phenoxy) is 2. The van der Waals surface area contributed by atoms with Crippen LogP contribution in [0, 0.1) is 23.7 Å². The van der Waals surface area contributed by atoms with Crippen molar-refractivity contribution >= 4 is 17.7 Å². The number of nitrogens with one attached hydrogen (secondary N) is 2. The lowest BCUT2D eigenvalue weighted by atomic mass is 9.83. The molecule has 0 aromatic heterocycles. The molecule has 10 nitrogen and oxygen atoms in total. The molecule has 10 heteroatoms. The van der Waals surface area contributed by atoms with Crippen LogP contribution in [0.1, 0.15) is 77.1 Å². The number of carbonyl (C=O) groups is 3. The average molecular weight is 565 g/mol. The van der Waals surface area contributed by atoms with Gasteiger partial charge in [-0.3, -0.25) is 14.4 Å². The molecule has 1 aromatic rings. The monoisotopic (exact) mass is 564 g/mol. The Labute approximate surface area is 239 Å². The second-order valence-electron chi connectivity index (χ2n) is 11.4. The standard InChI is InChI=1S/C30H52N4O6/c1-19(2)22(18-33-29(37)23-11-7-8-12-27(23)40-14-10-9-13-39-6)16-25(31)26(35)17-24(20(3)4)30(38)34-21(5)15-28(32)36/h7-8,11-12,19-22,24-26,35H,9-10,13-18,31H2,1-6H3,(H2,32,36)(H,33,37)(H,34,38)/t21?,22-,24?,25?,26?/m1/s1. The molecule has 0 aliphatic carbocycles. The van der Waals surface area contributed by atoms with Crippen molar-refractivity contribution in [3.8, 4) is 5.75 Å². The van der Waals surface area contributed by atoms with Gasteiger partial charge in [0.25, 0.3) is 5.91 Å². The van der Waals surface area contributed by atoms with Gasteiger partial charge in [-0.2, -0.15) is 0 Å². The lowest BCUT2D eigenvalue weighted by Gasteiger charge is -2.30. The molecule has 228 valence electrons. The second kappa shape index (κ2) is 18.6. The number of hydrogen-bond donors (Lipinski definition) is 5.